The molecule has 0 atom stereocenters. The molecule has 3 rings (SSSR count). The molecule has 0 spiro atoms. The zero-order valence-electron chi connectivity index (χ0n) is 14.1. The van der Waals surface area contributed by atoms with E-state index in [2.05, 4.69) is 20.3 Å². The van der Waals surface area contributed by atoms with Crippen molar-refractivity contribution >= 4 is 11.6 Å². The van der Waals surface area contributed by atoms with Gasteiger partial charge in [-0.2, -0.15) is 0 Å². The minimum absolute atomic E-state index is 0.104. The van der Waals surface area contributed by atoms with Crippen molar-refractivity contribution in [1.82, 2.24) is 15.0 Å². The van der Waals surface area contributed by atoms with E-state index >= 15 is 0 Å². The summed E-state index contributed by atoms with van der Waals surface area (Å²) in [6.45, 7) is 3.71. The van der Waals surface area contributed by atoms with Gasteiger partial charge in [0.2, 0.25) is 5.91 Å². The first kappa shape index (κ1) is 16.6. The van der Waals surface area contributed by atoms with Crippen LogP contribution in [0.15, 0.2) is 54.7 Å². The molecule has 0 bridgehead atoms. The van der Waals surface area contributed by atoms with Gasteiger partial charge in [0.1, 0.15) is 18.1 Å². The average Bonchev–Trinajstić information content (AvgIpc) is 2.61. The summed E-state index contributed by atoms with van der Waals surface area (Å²) >= 11 is 0. The lowest BCUT2D eigenvalue weighted by atomic mass is 10.3. The maximum Gasteiger partial charge on any atom is 0.221 e. The molecular weight excluding hydrogens is 316 g/mol. The third kappa shape index (κ3) is 4.60. The summed E-state index contributed by atoms with van der Waals surface area (Å²) in [6, 6.07) is 14.7. The van der Waals surface area contributed by atoms with Gasteiger partial charge in [-0.05, 0) is 49.4 Å². The molecule has 1 N–H and O–H groups in total. The number of carbonyl (C=O) groups excluding carboxylic acids is 1. The van der Waals surface area contributed by atoms with Crippen LogP contribution in [0, 0.1) is 6.92 Å². The van der Waals surface area contributed by atoms with Crippen molar-refractivity contribution in [2.24, 2.45) is 0 Å². The van der Waals surface area contributed by atoms with Crippen molar-refractivity contribution in [2.75, 3.05) is 5.32 Å². The molecule has 3 aromatic rings. The molecule has 0 saturated carbocycles. The minimum atomic E-state index is -0.104. The summed E-state index contributed by atoms with van der Waals surface area (Å²) in [5.41, 5.74) is 3.09. The Balaban J connectivity index is 1.71. The summed E-state index contributed by atoms with van der Waals surface area (Å²) in [6.07, 6.45) is 1.72. The molecule has 0 fully saturated rings. The molecule has 1 amide bonds. The Hall–Kier alpha value is -3.28. The van der Waals surface area contributed by atoms with Crippen LogP contribution in [-0.4, -0.2) is 20.9 Å². The van der Waals surface area contributed by atoms with Gasteiger partial charge < -0.3 is 10.1 Å². The molecule has 0 aliphatic carbocycles. The van der Waals surface area contributed by atoms with Gasteiger partial charge in [-0.1, -0.05) is 6.07 Å². The van der Waals surface area contributed by atoms with Crippen LogP contribution in [-0.2, 0) is 11.4 Å². The van der Waals surface area contributed by atoms with Gasteiger partial charge in [0, 0.05) is 24.5 Å². The lowest BCUT2D eigenvalue weighted by molar-refractivity contribution is -0.114. The second-order valence-electron chi connectivity index (χ2n) is 5.53. The van der Waals surface area contributed by atoms with Crippen molar-refractivity contribution in [3.63, 3.8) is 0 Å². The van der Waals surface area contributed by atoms with Gasteiger partial charge in [0.25, 0.3) is 0 Å². The molecular formula is C19H18N4O2. The van der Waals surface area contributed by atoms with E-state index in [4.69, 9.17) is 4.74 Å². The number of carbonyl (C=O) groups is 1. The SMILES string of the molecule is CC(=O)Nc1ccc(OCc2cc(C)nc(-c3ccccn3)n2)cc1. The number of aryl methyl sites for hydroxylation is 1. The summed E-state index contributed by atoms with van der Waals surface area (Å²) in [7, 11) is 0. The first-order valence-corrected chi connectivity index (χ1v) is 7.86. The monoisotopic (exact) mass is 334 g/mol. The molecule has 6 heteroatoms. The van der Waals surface area contributed by atoms with Gasteiger partial charge in [0.05, 0.1) is 5.69 Å². The second kappa shape index (κ2) is 7.53. The molecule has 0 aliphatic heterocycles. The first-order chi connectivity index (χ1) is 12.1. The predicted molar refractivity (Wildman–Crippen MR) is 95.1 cm³/mol. The van der Waals surface area contributed by atoms with Crippen molar-refractivity contribution in [3.05, 3.63) is 66.1 Å². The molecule has 0 radical (unpaired) electrons. The van der Waals surface area contributed by atoms with E-state index in [9.17, 15) is 4.79 Å². The van der Waals surface area contributed by atoms with Crippen LogP contribution >= 0.6 is 0 Å². The Morgan fingerprint density at radius 3 is 2.60 bits per heavy atom. The fourth-order valence-electron chi connectivity index (χ4n) is 2.31. The normalized spacial score (nSPS) is 10.3. The molecule has 0 unspecified atom stereocenters. The largest absolute Gasteiger partial charge is 0.487 e. The standard InChI is InChI=1S/C19H18N4O2/c1-13-11-16(23-19(21-13)18-5-3-4-10-20-18)12-25-17-8-6-15(7-9-17)22-14(2)24/h3-11H,12H2,1-2H3,(H,22,24). The summed E-state index contributed by atoms with van der Waals surface area (Å²) < 4.78 is 5.77. The minimum Gasteiger partial charge on any atom is -0.487 e. The van der Waals surface area contributed by atoms with Crippen molar-refractivity contribution in [1.29, 1.82) is 0 Å². The third-order valence-corrected chi connectivity index (χ3v) is 3.36. The molecule has 2 heterocycles. The van der Waals surface area contributed by atoms with E-state index in [-0.39, 0.29) is 5.91 Å². The van der Waals surface area contributed by atoms with E-state index in [1.54, 1.807) is 30.5 Å². The van der Waals surface area contributed by atoms with E-state index in [1.165, 1.54) is 6.92 Å². The topological polar surface area (TPSA) is 77.0 Å². The van der Waals surface area contributed by atoms with Crippen LogP contribution in [0.5, 0.6) is 5.75 Å². The van der Waals surface area contributed by atoms with Gasteiger partial charge in [-0.15, -0.1) is 0 Å². The number of benzene rings is 1. The highest BCUT2D eigenvalue weighted by Crippen LogP contribution is 2.18. The number of hydrogen-bond acceptors (Lipinski definition) is 5. The highest BCUT2D eigenvalue weighted by atomic mass is 16.5. The van der Waals surface area contributed by atoms with Crippen molar-refractivity contribution < 1.29 is 9.53 Å². The lowest BCUT2D eigenvalue weighted by Crippen LogP contribution is -2.05. The van der Waals surface area contributed by atoms with Crippen molar-refractivity contribution in [3.8, 4) is 17.3 Å². The van der Waals surface area contributed by atoms with Gasteiger partial charge in [0.15, 0.2) is 5.82 Å². The third-order valence-electron chi connectivity index (χ3n) is 3.36. The zero-order chi connectivity index (χ0) is 17.6. The fourth-order valence-corrected chi connectivity index (χ4v) is 2.31. The van der Waals surface area contributed by atoms with E-state index in [0.29, 0.717) is 18.2 Å². The van der Waals surface area contributed by atoms with Crippen LogP contribution in [0.3, 0.4) is 0 Å². The number of pyridine rings is 1. The predicted octanol–water partition coefficient (Wildman–Crippen LogP) is 3.38. The number of anilines is 1. The average molecular weight is 334 g/mol. The maximum absolute atomic E-state index is 11.0. The number of amides is 1. The highest BCUT2D eigenvalue weighted by molar-refractivity contribution is 5.88. The maximum atomic E-state index is 11.0. The van der Waals surface area contributed by atoms with Crippen LogP contribution in [0.1, 0.15) is 18.3 Å². The molecule has 2 aromatic heterocycles. The van der Waals surface area contributed by atoms with E-state index in [0.717, 1.165) is 22.8 Å². The Kier molecular flexibility index (Phi) is 4.99. The smallest absolute Gasteiger partial charge is 0.221 e. The molecule has 1 aromatic carbocycles. The zero-order valence-corrected chi connectivity index (χ0v) is 14.1. The van der Waals surface area contributed by atoms with Gasteiger partial charge in [-0.3, -0.25) is 9.78 Å². The number of nitrogens with zero attached hydrogens (tertiary/aromatic N) is 3. The van der Waals surface area contributed by atoms with E-state index in [1.807, 2.05) is 31.2 Å². The number of ether oxygens (including phenoxy) is 1. The van der Waals surface area contributed by atoms with Crippen LogP contribution in [0.2, 0.25) is 0 Å². The molecule has 25 heavy (non-hydrogen) atoms. The second-order valence-corrected chi connectivity index (χ2v) is 5.53. The van der Waals surface area contributed by atoms with Crippen molar-refractivity contribution in [2.45, 2.75) is 20.5 Å². The lowest BCUT2D eigenvalue weighted by Gasteiger charge is -2.09. The Morgan fingerprint density at radius 2 is 1.92 bits per heavy atom. The quantitative estimate of drug-likeness (QED) is 0.774. The van der Waals surface area contributed by atoms with E-state index < -0.39 is 0 Å². The molecule has 126 valence electrons. The summed E-state index contributed by atoms with van der Waals surface area (Å²) in [4.78, 5) is 24.3. The molecule has 0 aliphatic rings. The molecule has 6 nitrogen and oxygen atoms in total. The van der Waals surface area contributed by atoms with Crippen LogP contribution < -0.4 is 10.1 Å². The Labute approximate surface area is 145 Å². The number of aromatic nitrogens is 3. The first-order valence-electron chi connectivity index (χ1n) is 7.86. The summed E-state index contributed by atoms with van der Waals surface area (Å²) in [5.74, 6) is 1.18. The number of hydrogen-bond donors (Lipinski definition) is 1. The van der Waals surface area contributed by atoms with Crippen LogP contribution in [0.4, 0.5) is 5.69 Å². The fraction of sp³-hybridized carbons (Fsp3) is 0.158. The Bertz CT molecular complexity index is 864. The number of nitrogens with one attached hydrogen (secondary N) is 1. The van der Waals surface area contributed by atoms with Crippen LogP contribution in [0.25, 0.3) is 11.5 Å². The summed E-state index contributed by atoms with van der Waals surface area (Å²) in [5, 5.41) is 2.72. The highest BCUT2D eigenvalue weighted by Gasteiger charge is 2.07. The van der Waals surface area contributed by atoms with Gasteiger partial charge in [-0.25, -0.2) is 9.97 Å². The Morgan fingerprint density at radius 1 is 1.12 bits per heavy atom. The number of rotatable bonds is 5. The van der Waals surface area contributed by atoms with Gasteiger partial charge >= 0.3 is 0 Å². The molecule has 0 saturated heterocycles.